The van der Waals surface area contributed by atoms with Crippen LogP contribution in [0.25, 0.3) is 71.4 Å². The van der Waals surface area contributed by atoms with Gasteiger partial charge in [0.1, 0.15) is 5.65 Å². The first-order valence-corrected chi connectivity index (χ1v) is 12.1. The number of rotatable bonds is 1. The van der Waals surface area contributed by atoms with E-state index < -0.39 is 0 Å². The van der Waals surface area contributed by atoms with E-state index in [0.29, 0.717) is 0 Å². The molecule has 0 saturated carbocycles. The van der Waals surface area contributed by atoms with Gasteiger partial charge in [-0.05, 0) is 72.5 Å². The molecule has 5 heterocycles. The molecule has 0 spiro atoms. The first-order chi connectivity index (χ1) is 17.7. The van der Waals surface area contributed by atoms with Gasteiger partial charge in [-0.2, -0.15) is 0 Å². The predicted molar refractivity (Wildman–Crippen MR) is 148 cm³/mol. The molecule has 0 fully saturated rings. The molecular formula is C31H21N5. The van der Waals surface area contributed by atoms with Crippen LogP contribution in [0, 0.1) is 13.8 Å². The van der Waals surface area contributed by atoms with Gasteiger partial charge in [0.05, 0.1) is 16.6 Å². The number of benzene rings is 3. The number of aryl methyl sites for hydroxylation is 2. The van der Waals surface area contributed by atoms with Gasteiger partial charge in [-0.25, -0.2) is 9.97 Å². The monoisotopic (exact) mass is 463 g/mol. The van der Waals surface area contributed by atoms with Gasteiger partial charge in [0.2, 0.25) is 0 Å². The SMILES string of the molecule is Cc1ccccc1-c1cc2[nH]c3c(ccc4c3c3cnccc3n3c5cccnc5nc43)c2cc1C. The highest BCUT2D eigenvalue weighted by Crippen LogP contribution is 2.40. The third-order valence-corrected chi connectivity index (χ3v) is 7.53. The number of pyridine rings is 3. The lowest BCUT2D eigenvalue weighted by molar-refractivity contribution is 1.28. The highest BCUT2D eigenvalue weighted by Gasteiger charge is 2.18. The van der Waals surface area contributed by atoms with Crippen LogP contribution in [0.15, 0.2) is 85.3 Å². The number of nitrogens with one attached hydrogen (secondary N) is 1. The summed E-state index contributed by atoms with van der Waals surface area (Å²) >= 11 is 0. The molecule has 0 saturated heterocycles. The van der Waals surface area contributed by atoms with Gasteiger partial charge in [-0.3, -0.25) is 9.38 Å². The van der Waals surface area contributed by atoms with Gasteiger partial charge in [-0.1, -0.05) is 30.3 Å². The third-order valence-electron chi connectivity index (χ3n) is 7.53. The lowest BCUT2D eigenvalue weighted by atomic mass is 9.95. The minimum Gasteiger partial charge on any atom is -0.354 e. The molecule has 170 valence electrons. The van der Waals surface area contributed by atoms with Crippen molar-refractivity contribution in [2.24, 2.45) is 0 Å². The first-order valence-electron chi connectivity index (χ1n) is 12.1. The molecule has 5 aromatic heterocycles. The van der Waals surface area contributed by atoms with E-state index in [9.17, 15) is 0 Å². The van der Waals surface area contributed by atoms with Gasteiger partial charge in [0.15, 0.2) is 5.65 Å². The van der Waals surface area contributed by atoms with E-state index in [0.717, 1.165) is 49.5 Å². The summed E-state index contributed by atoms with van der Waals surface area (Å²) in [6.07, 6.45) is 5.61. The molecule has 0 aliphatic carbocycles. The summed E-state index contributed by atoms with van der Waals surface area (Å²) < 4.78 is 2.20. The zero-order valence-electron chi connectivity index (χ0n) is 19.9. The summed E-state index contributed by atoms with van der Waals surface area (Å²) in [4.78, 5) is 17.8. The number of hydrogen-bond acceptors (Lipinski definition) is 3. The number of nitrogens with zero attached hydrogens (tertiary/aromatic N) is 4. The van der Waals surface area contributed by atoms with Gasteiger partial charge in [0, 0.05) is 51.0 Å². The fourth-order valence-corrected chi connectivity index (χ4v) is 5.87. The molecule has 8 rings (SSSR count). The smallest absolute Gasteiger partial charge is 0.178 e. The Morgan fingerprint density at radius 1 is 0.722 bits per heavy atom. The quantitative estimate of drug-likeness (QED) is 0.256. The molecule has 0 unspecified atom stereocenters. The zero-order chi connectivity index (χ0) is 24.0. The van der Waals surface area contributed by atoms with E-state index in [1.807, 2.05) is 18.5 Å². The standard InChI is InChI=1S/C31H21N5/c1-17-6-3-4-7-19(17)22-15-25-23(14-18(22)2)20-9-10-21-28(29(20)34-25)24-16-32-13-11-26(24)36-27-8-5-12-33-30(27)35-31(21)36/h3-16,34H,1-2H3. The lowest BCUT2D eigenvalue weighted by Crippen LogP contribution is -1.92. The Labute approximate surface area is 206 Å². The highest BCUT2D eigenvalue weighted by molar-refractivity contribution is 6.27. The maximum atomic E-state index is 4.95. The van der Waals surface area contributed by atoms with Crippen LogP contribution in [0.2, 0.25) is 0 Å². The van der Waals surface area contributed by atoms with E-state index >= 15 is 0 Å². The summed E-state index contributed by atoms with van der Waals surface area (Å²) in [5, 5.41) is 5.76. The minimum atomic E-state index is 0.748. The topological polar surface area (TPSA) is 58.9 Å². The number of aromatic nitrogens is 5. The van der Waals surface area contributed by atoms with Crippen molar-refractivity contribution in [3.63, 3.8) is 0 Å². The minimum absolute atomic E-state index is 0.748. The molecule has 5 heteroatoms. The molecule has 3 aromatic carbocycles. The van der Waals surface area contributed by atoms with Crippen LogP contribution in [0.5, 0.6) is 0 Å². The molecule has 5 nitrogen and oxygen atoms in total. The number of imidazole rings is 1. The fraction of sp³-hybridized carbons (Fsp3) is 0.0645. The van der Waals surface area contributed by atoms with Crippen LogP contribution in [-0.2, 0) is 0 Å². The summed E-state index contributed by atoms with van der Waals surface area (Å²) in [5.41, 5.74) is 11.1. The van der Waals surface area contributed by atoms with Gasteiger partial charge in [-0.15, -0.1) is 0 Å². The van der Waals surface area contributed by atoms with Crippen molar-refractivity contribution >= 4 is 60.3 Å². The van der Waals surface area contributed by atoms with Crippen molar-refractivity contribution in [2.45, 2.75) is 13.8 Å². The number of aromatic amines is 1. The van der Waals surface area contributed by atoms with Crippen LogP contribution in [-0.4, -0.2) is 24.3 Å². The van der Waals surface area contributed by atoms with E-state index in [-0.39, 0.29) is 0 Å². The largest absolute Gasteiger partial charge is 0.354 e. The average Bonchev–Trinajstić information content (AvgIpc) is 3.47. The van der Waals surface area contributed by atoms with Crippen molar-refractivity contribution in [2.75, 3.05) is 0 Å². The average molecular weight is 464 g/mol. The number of fused-ring (bicyclic) bond motifs is 12. The van der Waals surface area contributed by atoms with Gasteiger partial charge >= 0.3 is 0 Å². The maximum absolute atomic E-state index is 4.95. The molecular weight excluding hydrogens is 442 g/mol. The Morgan fingerprint density at radius 3 is 2.53 bits per heavy atom. The highest BCUT2D eigenvalue weighted by atomic mass is 15.1. The Bertz CT molecular complexity index is 2180. The van der Waals surface area contributed by atoms with Crippen LogP contribution >= 0.6 is 0 Å². The van der Waals surface area contributed by atoms with E-state index in [4.69, 9.17) is 4.98 Å². The van der Waals surface area contributed by atoms with Crippen LogP contribution in [0.3, 0.4) is 0 Å². The molecule has 1 N–H and O–H groups in total. The second kappa shape index (κ2) is 6.89. The van der Waals surface area contributed by atoms with Crippen molar-refractivity contribution < 1.29 is 0 Å². The van der Waals surface area contributed by atoms with E-state index in [1.54, 1.807) is 6.20 Å². The van der Waals surface area contributed by atoms with Crippen molar-refractivity contribution in [3.8, 4) is 11.1 Å². The summed E-state index contributed by atoms with van der Waals surface area (Å²) in [6.45, 7) is 4.37. The van der Waals surface area contributed by atoms with Crippen molar-refractivity contribution in [1.29, 1.82) is 0 Å². The van der Waals surface area contributed by atoms with Crippen molar-refractivity contribution in [3.05, 3.63) is 96.4 Å². The Kier molecular flexibility index (Phi) is 3.74. The molecule has 0 bridgehead atoms. The van der Waals surface area contributed by atoms with Crippen molar-refractivity contribution in [1.82, 2.24) is 24.3 Å². The third kappa shape index (κ3) is 2.46. The van der Waals surface area contributed by atoms with Gasteiger partial charge in [0.25, 0.3) is 0 Å². The second-order valence-corrected chi connectivity index (χ2v) is 9.57. The Morgan fingerprint density at radius 2 is 1.61 bits per heavy atom. The summed E-state index contributed by atoms with van der Waals surface area (Å²) in [5.74, 6) is 0. The Balaban J connectivity index is 1.55. The van der Waals surface area contributed by atoms with Crippen LogP contribution < -0.4 is 0 Å². The lowest BCUT2D eigenvalue weighted by Gasteiger charge is -2.10. The maximum Gasteiger partial charge on any atom is 0.178 e. The predicted octanol–water partition coefficient (Wildman–Crippen LogP) is 7.50. The zero-order valence-corrected chi connectivity index (χ0v) is 19.9. The summed E-state index contributed by atoms with van der Waals surface area (Å²) in [7, 11) is 0. The molecule has 8 aromatic rings. The normalized spacial score (nSPS) is 12.2. The number of H-pyrrole nitrogens is 1. The molecule has 0 aliphatic rings. The Hall–Kier alpha value is -4.77. The molecule has 0 atom stereocenters. The molecule has 0 amide bonds. The summed E-state index contributed by atoms with van der Waals surface area (Å²) in [6, 6.07) is 23.7. The first kappa shape index (κ1) is 19.5. The van der Waals surface area contributed by atoms with E-state index in [1.165, 1.54) is 33.0 Å². The fourth-order valence-electron chi connectivity index (χ4n) is 5.87. The van der Waals surface area contributed by atoms with E-state index in [2.05, 4.69) is 93.9 Å². The van der Waals surface area contributed by atoms with Gasteiger partial charge < -0.3 is 4.98 Å². The van der Waals surface area contributed by atoms with Crippen LogP contribution in [0.4, 0.5) is 0 Å². The molecule has 36 heavy (non-hydrogen) atoms. The van der Waals surface area contributed by atoms with Crippen LogP contribution in [0.1, 0.15) is 11.1 Å². The number of hydrogen-bond donors (Lipinski definition) is 1. The molecule has 0 aliphatic heterocycles. The second-order valence-electron chi connectivity index (χ2n) is 9.57. The molecule has 0 radical (unpaired) electrons.